The van der Waals surface area contributed by atoms with Gasteiger partial charge in [0.1, 0.15) is 17.2 Å². The van der Waals surface area contributed by atoms with Crippen molar-refractivity contribution >= 4 is 29.2 Å². The van der Waals surface area contributed by atoms with Gasteiger partial charge in [-0.25, -0.2) is 10.2 Å². The van der Waals surface area contributed by atoms with Crippen molar-refractivity contribution < 1.29 is 28.6 Å². The molecule has 2 N–H and O–H groups in total. The largest absolute Gasteiger partial charge is 0.497 e. The average Bonchev–Trinajstić information content (AvgIpc) is 2.87. The fourth-order valence-electron chi connectivity index (χ4n) is 2.83. The summed E-state index contributed by atoms with van der Waals surface area (Å²) in [5, 5.41) is 6.43. The molecule has 0 atom stereocenters. The first-order chi connectivity index (χ1) is 16.4. The van der Waals surface area contributed by atoms with Crippen molar-refractivity contribution in [1.29, 1.82) is 0 Å². The molecule has 0 saturated heterocycles. The third kappa shape index (κ3) is 6.19. The smallest absolute Gasteiger partial charge is 0.343 e. The predicted molar refractivity (Wildman–Crippen MR) is 126 cm³/mol. The van der Waals surface area contributed by atoms with E-state index in [1.165, 1.54) is 7.11 Å². The summed E-state index contributed by atoms with van der Waals surface area (Å²) < 4.78 is 15.6. The van der Waals surface area contributed by atoms with Gasteiger partial charge >= 0.3 is 17.8 Å². The lowest BCUT2D eigenvalue weighted by Gasteiger charge is -2.09. The van der Waals surface area contributed by atoms with Gasteiger partial charge in [0.05, 0.1) is 31.2 Å². The third-order valence-electron chi connectivity index (χ3n) is 4.69. The monoisotopic (exact) mass is 461 g/mol. The Labute approximate surface area is 196 Å². The molecular formula is C25H23N3O6. The Morgan fingerprint density at radius 3 is 2.00 bits per heavy atom. The molecule has 2 amide bonds. The number of hydrazone groups is 1. The number of hydrogen-bond donors (Lipinski definition) is 2. The fourth-order valence-corrected chi connectivity index (χ4v) is 2.83. The highest BCUT2D eigenvalue weighted by Gasteiger charge is 2.15. The second-order valence-corrected chi connectivity index (χ2v) is 6.93. The van der Waals surface area contributed by atoms with E-state index < -0.39 is 17.8 Å². The molecule has 0 unspecified atom stereocenters. The third-order valence-corrected chi connectivity index (χ3v) is 4.69. The quantitative estimate of drug-likeness (QED) is 0.183. The second-order valence-electron chi connectivity index (χ2n) is 6.93. The lowest BCUT2D eigenvalue weighted by molar-refractivity contribution is -0.136. The number of esters is 1. The maximum Gasteiger partial charge on any atom is 0.343 e. The van der Waals surface area contributed by atoms with Crippen LogP contribution >= 0.6 is 0 Å². The van der Waals surface area contributed by atoms with E-state index in [1.807, 2.05) is 0 Å². The van der Waals surface area contributed by atoms with Crippen LogP contribution in [0.5, 0.6) is 17.2 Å². The number of nitrogens with one attached hydrogen (secondary N) is 2. The minimum atomic E-state index is -0.935. The highest BCUT2D eigenvalue weighted by molar-refractivity contribution is 6.39. The van der Waals surface area contributed by atoms with E-state index in [0.717, 1.165) is 0 Å². The van der Waals surface area contributed by atoms with Gasteiger partial charge in [-0.2, -0.15) is 5.10 Å². The summed E-state index contributed by atoms with van der Waals surface area (Å²) in [5.41, 5.74) is 4.08. The van der Waals surface area contributed by atoms with Gasteiger partial charge in [0.25, 0.3) is 0 Å². The molecule has 0 aliphatic carbocycles. The molecule has 174 valence electrons. The molecule has 0 aliphatic heterocycles. The summed E-state index contributed by atoms with van der Waals surface area (Å²) in [7, 11) is 3.01. The van der Waals surface area contributed by atoms with E-state index in [4.69, 9.17) is 14.2 Å². The number of benzene rings is 3. The van der Waals surface area contributed by atoms with Gasteiger partial charge in [-0.3, -0.25) is 9.59 Å². The second kappa shape index (κ2) is 11.3. The van der Waals surface area contributed by atoms with E-state index in [9.17, 15) is 14.4 Å². The average molecular weight is 461 g/mol. The first-order valence-corrected chi connectivity index (χ1v) is 10.2. The first kappa shape index (κ1) is 24.0. The van der Waals surface area contributed by atoms with Crippen LogP contribution < -0.4 is 25.0 Å². The van der Waals surface area contributed by atoms with Crippen molar-refractivity contribution in [3.8, 4) is 17.2 Å². The maximum absolute atomic E-state index is 12.3. The van der Waals surface area contributed by atoms with E-state index >= 15 is 0 Å². The van der Waals surface area contributed by atoms with Gasteiger partial charge in [0, 0.05) is 0 Å². The van der Waals surface area contributed by atoms with Crippen LogP contribution in [0.1, 0.15) is 22.8 Å². The Bertz CT molecular complexity index is 1200. The molecule has 0 saturated carbocycles. The number of methoxy groups -OCH3 is 2. The molecule has 9 nitrogen and oxygen atoms in total. The molecule has 34 heavy (non-hydrogen) atoms. The summed E-state index contributed by atoms with van der Waals surface area (Å²) >= 11 is 0. The molecule has 0 radical (unpaired) electrons. The topological polar surface area (TPSA) is 115 Å². The van der Waals surface area contributed by atoms with Crippen LogP contribution in [0, 0.1) is 0 Å². The van der Waals surface area contributed by atoms with Gasteiger partial charge < -0.3 is 19.5 Å². The number of ether oxygens (including phenoxy) is 3. The van der Waals surface area contributed by atoms with Crippen molar-refractivity contribution in [2.24, 2.45) is 5.10 Å². The van der Waals surface area contributed by atoms with Crippen LogP contribution in [-0.4, -0.2) is 37.7 Å². The zero-order valence-corrected chi connectivity index (χ0v) is 18.8. The minimum absolute atomic E-state index is 0.345. The van der Waals surface area contributed by atoms with Gasteiger partial charge in [-0.05, 0) is 73.2 Å². The molecule has 0 aliphatic rings. The maximum atomic E-state index is 12.3. The summed E-state index contributed by atoms with van der Waals surface area (Å²) in [5.74, 6) is -0.917. The highest BCUT2D eigenvalue weighted by atomic mass is 16.5. The number of nitrogens with zero attached hydrogens (tertiary/aromatic N) is 1. The van der Waals surface area contributed by atoms with Crippen LogP contribution in [0.4, 0.5) is 5.69 Å². The zero-order chi connectivity index (χ0) is 24.5. The summed E-state index contributed by atoms with van der Waals surface area (Å²) in [4.78, 5) is 36.5. The molecule has 0 aromatic heterocycles. The number of amides is 2. The Morgan fingerprint density at radius 2 is 1.35 bits per heavy atom. The standard InChI is InChI=1S/C25H23N3O6/c1-16(27-28-24(30)23(29)26-21-6-4-5-7-22(21)33-3)17-8-14-20(15-9-17)34-25(31)18-10-12-19(32-2)13-11-18/h4-15H,1-3H3,(H,26,29)(H,28,30)/b27-16+. The lowest BCUT2D eigenvalue weighted by atomic mass is 10.1. The Hall–Kier alpha value is -4.66. The number of para-hydroxylation sites is 2. The van der Waals surface area contributed by atoms with Gasteiger partial charge in [0.15, 0.2) is 0 Å². The number of carbonyl (C=O) groups is 3. The lowest BCUT2D eigenvalue weighted by Crippen LogP contribution is -2.33. The minimum Gasteiger partial charge on any atom is -0.497 e. The van der Waals surface area contributed by atoms with Gasteiger partial charge in [0.2, 0.25) is 0 Å². The molecule has 0 heterocycles. The number of hydrogen-bond acceptors (Lipinski definition) is 7. The molecule has 3 aromatic rings. The summed E-state index contributed by atoms with van der Waals surface area (Å²) in [6, 6.07) is 19.8. The highest BCUT2D eigenvalue weighted by Crippen LogP contribution is 2.22. The molecule has 0 bridgehead atoms. The molecule has 0 fully saturated rings. The predicted octanol–water partition coefficient (Wildman–Crippen LogP) is 3.40. The van der Waals surface area contributed by atoms with Crippen molar-refractivity contribution in [1.82, 2.24) is 5.43 Å². The molecule has 9 heteroatoms. The van der Waals surface area contributed by atoms with Crippen LogP contribution in [0.15, 0.2) is 77.9 Å². The van der Waals surface area contributed by atoms with Crippen LogP contribution in [0.25, 0.3) is 0 Å². The van der Waals surface area contributed by atoms with E-state index in [1.54, 1.807) is 86.8 Å². The van der Waals surface area contributed by atoms with Crippen molar-refractivity contribution in [2.75, 3.05) is 19.5 Å². The Morgan fingerprint density at radius 1 is 0.735 bits per heavy atom. The molecular weight excluding hydrogens is 438 g/mol. The van der Waals surface area contributed by atoms with Gasteiger partial charge in [-0.15, -0.1) is 0 Å². The van der Waals surface area contributed by atoms with Crippen molar-refractivity contribution in [3.63, 3.8) is 0 Å². The van der Waals surface area contributed by atoms with Crippen LogP contribution in [0.3, 0.4) is 0 Å². The summed E-state index contributed by atoms with van der Waals surface area (Å²) in [6.07, 6.45) is 0. The Balaban J connectivity index is 1.57. The fraction of sp³-hybridized carbons (Fsp3) is 0.120. The molecule has 3 aromatic carbocycles. The number of anilines is 1. The van der Waals surface area contributed by atoms with Gasteiger partial charge in [-0.1, -0.05) is 12.1 Å². The normalized spacial score (nSPS) is 10.7. The van der Waals surface area contributed by atoms with E-state index in [0.29, 0.717) is 39.8 Å². The summed E-state index contributed by atoms with van der Waals surface area (Å²) in [6.45, 7) is 1.66. The molecule has 0 spiro atoms. The van der Waals surface area contributed by atoms with E-state index in [2.05, 4.69) is 15.8 Å². The van der Waals surface area contributed by atoms with Crippen molar-refractivity contribution in [2.45, 2.75) is 6.92 Å². The number of rotatable bonds is 7. The number of carbonyl (C=O) groups excluding carboxylic acids is 3. The Kier molecular flexibility index (Phi) is 7.96. The first-order valence-electron chi connectivity index (χ1n) is 10.2. The van der Waals surface area contributed by atoms with E-state index in [-0.39, 0.29) is 0 Å². The molecule has 3 rings (SSSR count). The van der Waals surface area contributed by atoms with Crippen molar-refractivity contribution in [3.05, 3.63) is 83.9 Å². The SMILES string of the molecule is COc1ccc(C(=O)Oc2ccc(/C(C)=N/NC(=O)C(=O)Nc3ccccc3OC)cc2)cc1. The van der Waals surface area contributed by atoms with Crippen LogP contribution in [0.2, 0.25) is 0 Å². The van der Waals surface area contributed by atoms with Crippen LogP contribution in [-0.2, 0) is 9.59 Å². The zero-order valence-electron chi connectivity index (χ0n) is 18.8.